The second-order valence-corrected chi connectivity index (χ2v) is 7.74. The number of nitrogens with one attached hydrogen (secondary N) is 1. The standard InChI is InChI=1S/C23H21N3OS/c1-15(18-12-11-17-7-3-4-8-19(17)13-18)24-22(27)14-28-23-20-9-5-6-10-21(20)25-16(2)26-23/h3-13,15H,14H2,1-2H3,(H,24,27). The van der Waals surface area contributed by atoms with E-state index in [0.29, 0.717) is 11.6 Å². The fourth-order valence-electron chi connectivity index (χ4n) is 3.25. The highest BCUT2D eigenvalue weighted by Crippen LogP contribution is 2.25. The molecule has 0 saturated carbocycles. The van der Waals surface area contributed by atoms with Gasteiger partial charge in [0, 0.05) is 5.39 Å². The number of hydrogen-bond acceptors (Lipinski definition) is 4. The molecule has 4 aromatic rings. The van der Waals surface area contributed by atoms with Crippen molar-refractivity contribution in [2.45, 2.75) is 24.9 Å². The van der Waals surface area contributed by atoms with Gasteiger partial charge in [-0.05, 0) is 42.3 Å². The van der Waals surface area contributed by atoms with Crippen molar-refractivity contribution < 1.29 is 4.79 Å². The van der Waals surface area contributed by atoms with E-state index in [0.717, 1.165) is 21.5 Å². The summed E-state index contributed by atoms with van der Waals surface area (Å²) in [6.45, 7) is 3.88. The van der Waals surface area contributed by atoms with Gasteiger partial charge in [-0.3, -0.25) is 4.79 Å². The number of benzene rings is 3. The van der Waals surface area contributed by atoms with Crippen molar-refractivity contribution in [3.63, 3.8) is 0 Å². The second-order valence-electron chi connectivity index (χ2n) is 6.78. The normalized spacial score (nSPS) is 12.2. The minimum atomic E-state index is -0.0541. The third-order valence-electron chi connectivity index (χ3n) is 4.67. The van der Waals surface area contributed by atoms with E-state index in [1.165, 1.54) is 22.5 Å². The van der Waals surface area contributed by atoms with Gasteiger partial charge in [-0.15, -0.1) is 0 Å². The lowest BCUT2D eigenvalue weighted by Gasteiger charge is -2.15. The van der Waals surface area contributed by atoms with Crippen LogP contribution in [0.4, 0.5) is 0 Å². The van der Waals surface area contributed by atoms with Crippen LogP contribution in [0.1, 0.15) is 24.4 Å². The monoisotopic (exact) mass is 387 g/mol. The first-order chi connectivity index (χ1) is 13.6. The number of aromatic nitrogens is 2. The molecule has 0 bridgehead atoms. The van der Waals surface area contributed by atoms with E-state index in [4.69, 9.17) is 0 Å². The Balaban J connectivity index is 1.44. The summed E-state index contributed by atoms with van der Waals surface area (Å²) in [5, 5.41) is 7.29. The Hall–Kier alpha value is -2.92. The van der Waals surface area contributed by atoms with Crippen molar-refractivity contribution in [1.82, 2.24) is 15.3 Å². The van der Waals surface area contributed by atoms with Gasteiger partial charge >= 0.3 is 0 Å². The molecule has 1 unspecified atom stereocenters. The van der Waals surface area contributed by atoms with Crippen molar-refractivity contribution in [1.29, 1.82) is 0 Å². The Bertz CT molecular complexity index is 1160. The summed E-state index contributed by atoms with van der Waals surface area (Å²) in [5.41, 5.74) is 2.00. The minimum Gasteiger partial charge on any atom is -0.349 e. The van der Waals surface area contributed by atoms with Gasteiger partial charge in [0.1, 0.15) is 10.9 Å². The summed E-state index contributed by atoms with van der Waals surface area (Å²) < 4.78 is 0. The van der Waals surface area contributed by atoms with Gasteiger partial charge in [0.15, 0.2) is 0 Å². The number of nitrogens with zero attached hydrogens (tertiary/aromatic N) is 2. The SMILES string of the molecule is Cc1nc(SCC(=O)NC(C)c2ccc3ccccc3c2)c2ccccc2n1. The number of aryl methyl sites for hydroxylation is 1. The molecule has 28 heavy (non-hydrogen) atoms. The molecule has 0 spiro atoms. The molecule has 0 radical (unpaired) electrons. The molecule has 4 nitrogen and oxygen atoms in total. The van der Waals surface area contributed by atoms with E-state index in [2.05, 4.69) is 45.6 Å². The number of thioether (sulfide) groups is 1. The Labute approximate surface area is 168 Å². The van der Waals surface area contributed by atoms with E-state index >= 15 is 0 Å². The van der Waals surface area contributed by atoms with Gasteiger partial charge in [-0.2, -0.15) is 0 Å². The molecule has 4 rings (SSSR count). The topological polar surface area (TPSA) is 54.9 Å². The fourth-order valence-corrected chi connectivity index (χ4v) is 4.12. The lowest BCUT2D eigenvalue weighted by atomic mass is 10.0. The number of fused-ring (bicyclic) bond motifs is 2. The zero-order chi connectivity index (χ0) is 19.5. The van der Waals surface area contributed by atoms with Gasteiger partial charge in [0.25, 0.3) is 0 Å². The van der Waals surface area contributed by atoms with E-state index in [1.807, 2.05) is 50.2 Å². The molecule has 0 saturated heterocycles. The fraction of sp³-hybridized carbons (Fsp3) is 0.174. The van der Waals surface area contributed by atoms with Crippen LogP contribution in [0, 0.1) is 6.92 Å². The minimum absolute atomic E-state index is 0.00833. The number of carbonyl (C=O) groups is 1. The molecule has 5 heteroatoms. The predicted octanol–water partition coefficient (Wildman–Crippen LogP) is 5.06. The van der Waals surface area contributed by atoms with Crippen LogP contribution >= 0.6 is 11.8 Å². The molecular formula is C23H21N3OS. The van der Waals surface area contributed by atoms with Crippen molar-refractivity contribution in [3.05, 3.63) is 78.1 Å². The highest BCUT2D eigenvalue weighted by atomic mass is 32.2. The highest BCUT2D eigenvalue weighted by molar-refractivity contribution is 8.00. The number of carbonyl (C=O) groups excluding carboxylic acids is 1. The second kappa shape index (κ2) is 7.98. The molecule has 1 N–H and O–H groups in total. The molecule has 0 fully saturated rings. The Morgan fingerprint density at radius 2 is 1.75 bits per heavy atom. The van der Waals surface area contributed by atoms with Crippen LogP contribution < -0.4 is 5.32 Å². The lowest BCUT2D eigenvalue weighted by Crippen LogP contribution is -2.28. The van der Waals surface area contributed by atoms with Crippen molar-refractivity contribution in [3.8, 4) is 0 Å². The number of rotatable bonds is 5. The summed E-state index contributed by atoms with van der Waals surface area (Å²) in [6, 6.07) is 22.4. The molecule has 3 aromatic carbocycles. The van der Waals surface area contributed by atoms with E-state index < -0.39 is 0 Å². The van der Waals surface area contributed by atoms with Crippen molar-refractivity contribution in [2.24, 2.45) is 0 Å². The molecule has 0 aliphatic carbocycles. The number of para-hydroxylation sites is 1. The van der Waals surface area contributed by atoms with Gasteiger partial charge in [0.05, 0.1) is 17.3 Å². The molecule has 140 valence electrons. The quantitative estimate of drug-likeness (QED) is 0.384. The largest absolute Gasteiger partial charge is 0.349 e. The molecule has 1 aromatic heterocycles. The Morgan fingerprint density at radius 1 is 1.00 bits per heavy atom. The summed E-state index contributed by atoms with van der Waals surface area (Å²) in [7, 11) is 0. The van der Waals surface area contributed by atoms with Gasteiger partial charge < -0.3 is 5.32 Å². The first-order valence-corrected chi connectivity index (χ1v) is 10.2. The average Bonchev–Trinajstić information content (AvgIpc) is 2.71. The van der Waals surface area contributed by atoms with Crippen LogP contribution in [0.5, 0.6) is 0 Å². The molecule has 1 atom stereocenters. The summed E-state index contributed by atoms with van der Waals surface area (Å²) in [5.74, 6) is 1.02. The van der Waals surface area contributed by atoms with Crippen LogP contribution in [0.2, 0.25) is 0 Å². The maximum Gasteiger partial charge on any atom is 0.230 e. The van der Waals surface area contributed by atoms with Gasteiger partial charge in [-0.25, -0.2) is 9.97 Å². The zero-order valence-corrected chi connectivity index (χ0v) is 16.7. The van der Waals surface area contributed by atoms with Crippen molar-refractivity contribution >= 4 is 39.3 Å². The summed E-state index contributed by atoms with van der Waals surface area (Å²) in [4.78, 5) is 21.5. The van der Waals surface area contributed by atoms with Crippen molar-refractivity contribution in [2.75, 3.05) is 5.75 Å². The van der Waals surface area contributed by atoms with Crippen LogP contribution in [0.15, 0.2) is 71.8 Å². The highest BCUT2D eigenvalue weighted by Gasteiger charge is 2.13. The third kappa shape index (κ3) is 3.99. The van der Waals surface area contributed by atoms with E-state index in [-0.39, 0.29) is 11.9 Å². The van der Waals surface area contributed by atoms with E-state index in [1.54, 1.807) is 0 Å². The van der Waals surface area contributed by atoms with Crippen LogP contribution in [-0.4, -0.2) is 21.6 Å². The number of hydrogen-bond donors (Lipinski definition) is 1. The van der Waals surface area contributed by atoms with Gasteiger partial charge in [0.2, 0.25) is 5.91 Å². The molecule has 0 aliphatic rings. The Morgan fingerprint density at radius 3 is 2.61 bits per heavy atom. The zero-order valence-electron chi connectivity index (χ0n) is 15.8. The number of amides is 1. The smallest absolute Gasteiger partial charge is 0.230 e. The first-order valence-electron chi connectivity index (χ1n) is 9.24. The average molecular weight is 388 g/mol. The molecule has 1 amide bonds. The lowest BCUT2D eigenvalue weighted by molar-refractivity contribution is -0.119. The summed E-state index contributed by atoms with van der Waals surface area (Å²) in [6.07, 6.45) is 0. The van der Waals surface area contributed by atoms with Gasteiger partial charge in [-0.1, -0.05) is 66.4 Å². The maximum absolute atomic E-state index is 12.5. The predicted molar refractivity (Wildman–Crippen MR) is 116 cm³/mol. The van der Waals surface area contributed by atoms with Crippen LogP contribution in [0.3, 0.4) is 0 Å². The summed E-state index contributed by atoms with van der Waals surface area (Å²) >= 11 is 1.45. The molecule has 0 aliphatic heterocycles. The third-order valence-corrected chi connectivity index (χ3v) is 5.66. The first kappa shape index (κ1) is 18.4. The van der Waals surface area contributed by atoms with Crippen LogP contribution in [-0.2, 0) is 4.79 Å². The Kier molecular flexibility index (Phi) is 5.26. The van der Waals surface area contributed by atoms with E-state index in [9.17, 15) is 4.79 Å². The van der Waals surface area contributed by atoms with Crippen LogP contribution in [0.25, 0.3) is 21.7 Å². The molecule has 1 heterocycles. The maximum atomic E-state index is 12.5. The molecular weight excluding hydrogens is 366 g/mol.